The van der Waals surface area contributed by atoms with Crippen LogP contribution in [0.15, 0.2) is 30.3 Å². The zero-order chi connectivity index (χ0) is 9.47. The van der Waals surface area contributed by atoms with E-state index in [1.807, 2.05) is 0 Å². The lowest BCUT2D eigenvalue weighted by Gasteiger charge is -2.32. The van der Waals surface area contributed by atoms with Crippen LogP contribution in [0.4, 0.5) is 5.69 Å². The molecule has 2 rings (SSSR count). The summed E-state index contributed by atoms with van der Waals surface area (Å²) < 4.78 is 0. The quantitative estimate of drug-likeness (QED) is 0.509. The van der Waals surface area contributed by atoms with Crippen molar-refractivity contribution in [1.82, 2.24) is 0 Å². The van der Waals surface area contributed by atoms with Crippen LogP contribution in [-0.2, 0) is 0 Å². The van der Waals surface area contributed by atoms with Gasteiger partial charge in [-0.2, -0.15) is 5.06 Å². The fraction of sp³-hybridized carbons (Fsp3) is 0.111. The van der Waals surface area contributed by atoms with Crippen molar-refractivity contribution < 1.29 is 15.4 Å². The molecule has 1 aromatic carbocycles. The van der Waals surface area contributed by atoms with Crippen molar-refractivity contribution in [2.75, 3.05) is 5.06 Å². The second kappa shape index (κ2) is 2.56. The molecule has 0 fully saturated rings. The van der Waals surface area contributed by atoms with Crippen molar-refractivity contribution >= 4 is 11.8 Å². The molecule has 0 aromatic heterocycles. The zero-order valence-electron chi connectivity index (χ0n) is 6.75. The standard InChI is InChI=1S/C9H9NO3/c11-9(12)6-5-7-3-1-2-4-8(7)10(9)13/h1-6,11-13H. The van der Waals surface area contributed by atoms with Crippen LogP contribution in [-0.4, -0.2) is 21.3 Å². The molecule has 1 aliphatic heterocycles. The molecule has 4 heteroatoms. The number of hydroxylamine groups is 1. The first-order valence-corrected chi connectivity index (χ1v) is 3.83. The third-order valence-electron chi connectivity index (χ3n) is 1.96. The molecule has 0 spiro atoms. The normalized spacial score (nSPS) is 18.5. The molecule has 1 aliphatic rings. The van der Waals surface area contributed by atoms with E-state index in [1.54, 1.807) is 30.3 Å². The molecule has 1 heterocycles. The Bertz CT molecular complexity index is 360. The Labute approximate surface area is 74.9 Å². The van der Waals surface area contributed by atoms with Gasteiger partial charge in [-0.05, 0) is 18.2 Å². The van der Waals surface area contributed by atoms with E-state index in [4.69, 9.17) is 0 Å². The average Bonchev–Trinajstić information content (AvgIpc) is 2.13. The summed E-state index contributed by atoms with van der Waals surface area (Å²) in [6.07, 6.45) is 2.65. The minimum absolute atomic E-state index is 0.370. The Balaban J connectivity index is 2.55. The van der Waals surface area contributed by atoms with Gasteiger partial charge < -0.3 is 10.2 Å². The van der Waals surface area contributed by atoms with Crippen LogP contribution in [0.2, 0.25) is 0 Å². The molecule has 13 heavy (non-hydrogen) atoms. The van der Waals surface area contributed by atoms with Gasteiger partial charge in [-0.25, -0.2) is 0 Å². The molecule has 0 radical (unpaired) electrons. The molecule has 68 valence electrons. The Morgan fingerprint density at radius 1 is 1.15 bits per heavy atom. The Hall–Kier alpha value is -1.36. The van der Waals surface area contributed by atoms with Crippen LogP contribution in [0.3, 0.4) is 0 Å². The van der Waals surface area contributed by atoms with Gasteiger partial charge in [0, 0.05) is 5.56 Å². The molecule has 0 amide bonds. The van der Waals surface area contributed by atoms with Gasteiger partial charge in [0.1, 0.15) is 0 Å². The van der Waals surface area contributed by atoms with Crippen molar-refractivity contribution in [3.05, 3.63) is 35.9 Å². The maximum absolute atomic E-state index is 9.37. The largest absolute Gasteiger partial charge is 0.344 e. The Kier molecular flexibility index (Phi) is 1.63. The van der Waals surface area contributed by atoms with E-state index in [-0.39, 0.29) is 0 Å². The first-order chi connectivity index (χ1) is 6.11. The lowest BCUT2D eigenvalue weighted by molar-refractivity contribution is -0.163. The van der Waals surface area contributed by atoms with Gasteiger partial charge in [-0.15, -0.1) is 0 Å². The number of para-hydroxylation sites is 1. The van der Waals surface area contributed by atoms with Gasteiger partial charge >= 0.3 is 0 Å². The van der Waals surface area contributed by atoms with E-state index in [0.717, 1.165) is 11.6 Å². The zero-order valence-corrected chi connectivity index (χ0v) is 6.75. The van der Waals surface area contributed by atoms with Crippen molar-refractivity contribution in [2.24, 2.45) is 0 Å². The lowest BCUT2D eigenvalue weighted by atomic mass is 10.1. The fourth-order valence-electron chi connectivity index (χ4n) is 1.27. The molecule has 0 bridgehead atoms. The Morgan fingerprint density at radius 3 is 2.62 bits per heavy atom. The number of rotatable bonds is 0. The number of nitrogens with zero attached hydrogens (tertiary/aromatic N) is 1. The molecule has 0 saturated heterocycles. The topological polar surface area (TPSA) is 63.9 Å². The van der Waals surface area contributed by atoms with E-state index in [9.17, 15) is 15.4 Å². The summed E-state index contributed by atoms with van der Waals surface area (Å²) in [6, 6.07) is 6.88. The summed E-state index contributed by atoms with van der Waals surface area (Å²) >= 11 is 0. The summed E-state index contributed by atoms with van der Waals surface area (Å²) in [5.74, 6) is -2.31. The summed E-state index contributed by atoms with van der Waals surface area (Å²) in [6.45, 7) is 0. The van der Waals surface area contributed by atoms with E-state index >= 15 is 0 Å². The number of fused-ring (bicyclic) bond motifs is 1. The van der Waals surface area contributed by atoms with Crippen molar-refractivity contribution in [2.45, 2.75) is 5.91 Å². The molecule has 0 atom stereocenters. The van der Waals surface area contributed by atoms with Crippen LogP contribution in [0, 0.1) is 0 Å². The molecule has 0 unspecified atom stereocenters. The van der Waals surface area contributed by atoms with Crippen molar-refractivity contribution in [3.63, 3.8) is 0 Å². The highest BCUT2D eigenvalue weighted by Crippen LogP contribution is 2.29. The van der Waals surface area contributed by atoms with Crippen molar-refractivity contribution in [3.8, 4) is 0 Å². The minimum atomic E-state index is -2.31. The van der Waals surface area contributed by atoms with E-state index < -0.39 is 5.91 Å². The predicted octanol–water partition coefficient (Wildman–Crippen LogP) is 0.547. The molecule has 1 aromatic rings. The third-order valence-corrected chi connectivity index (χ3v) is 1.96. The SMILES string of the molecule is ON1c2ccccc2C=CC1(O)O. The molecule has 0 saturated carbocycles. The van der Waals surface area contributed by atoms with Crippen LogP contribution >= 0.6 is 0 Å². The van der Waals surface area contributed by atoms with Gasteiger partial charge in [0.15, 0.2) is 0 Å². The van der Waals surface area contributed by atoms with Crippen molar-refractivity contribution in [1.29, 1.82) is 0 Å². The average molecular weight is 179 g/mol. The summed E-state index contributed by atoms with van der Waals surface area (Å²) in [5, 5.41) is 28.3. The van der Waals surface area contributed by atoms with Crippen LogP contribution < -0.4 is 5.06 Å². The molecule has 0 aliphatic carbocycles. The van der Waals surface area contributed by atoms with E-state index in [2.05, 4.69) is 0 Å². The highest BCUT2D eigenvalue weighted by Gasteiger charge is 2.32. The molecular formula is C9H9NO3. The number of anilines is 1. The van der Waals surface area contributed by atoms with Crippen LogP contribution in [0.5, 0.6) is 0 Å². The lowest BCUT2D eigenvalue weighted by Crippen LogP contribution is -2.46. The number of aliphatic hydroxyl groups is 2. The van der Waals surface area contributed by atoms with Crippen LogP contribution in [0.1, 0.15) is 5.56 Å². The second-order valence-electron chi connectivity index (χ2n) is 2.89. The molecular weight excluding hydrogens is 170 g/mol. The molecule has 3 N–H and O–H groups in total. The number of hydrogen-bond donors (Lipinski definition) is 3. The van der Waals surface area contributed by atoms with Gasteiger partial charge in [0.25, 0.3) is 5.91 Å². The highest BCUT2D eigenvalue weighted by atomic mass is 16.6. The maximum Gasteiger partial charge on any atom is 0.291 e. The first-order valence-electron chi connectivity index (χ1n) is 3.83. The highest BCUT2D eigenvalue weighted by molar-refractivity contribution is 5.71. The van der Waals surface area contributed by atoms with Gasteiger partial charge in [0.2, 0.25) is 0 Å². The third kappa shape index (κ3) is 1.21. The first kappa shape index (κ1) is 8.25. The van der Waals surface area contributed by atoms with E-state index in [0.29, 0.717) is 10.8 Å². The number of hydrogen-bond acceptors (Lipinski definition) is 4. The van der Waals surface area contributed by atoms with Gasteiger partial charge in [-0.3, -0.25) is 5.21 Å². The van der Waals surface area contributed by atoms with Crippen LogP contribution in [0.25, 0.3) is 6.08 Å². The summed E-state index contributed by atoms with van der Waals surface area (Å²) in [4.78, 5) is 0. The monoisotopic (exact) mass is 179 g/mol. The smallest absolute Gasteiger partial charge is 0.291 e. The van der Waals surface area contributed by atoms with Gasteiger partial charge in [-0.1, -0.05) is 18.2 Å². The molecule has 4 nitrogen and oxygen atoms in total. The maximum atomic E-state index is 9.37. The van der Waals surface area contributed by atoms with E-state index in [1.165, 1.54) is 0 Å². The fourth-order valence-corrected chi connectivity index (χ4v) is 1.27. The number of benzene rings is 1. The summed E-state index contributed by atoms with van der Waals surface area (Å²) in [5.41, 5.74) is 1.11. The summed E-state index contributed by atoms with van der Waals surface area (Å²) in [7, 11) is 0. The Morgan fingerprint density at radius 2 is 1.85 bits per heavy atom. The second-order valence-corrected chi connectivity index (χ2v) is 2.89. The minimum Gasteiger partial charge on any atom is -0.344 e. The predicted molar refractivity (Wildman–Crippen MR) is 46.9 cm³/mol. The van der Waals surface area contributed by atoms with Gasteiger partial charge in [0.05, 0.1) is 5.69 Å².